The molecule has 1 aliphatic heterocycles. The molecule has 0 aliphatic carbocycles. The van der Waals surface area contributed by atoms with Crippen LogP contribution < -0.4 is 42.5 Å². The highest BCUT2D eigenvalue weighted by Gasteiger charge is 2.46. The Morgan fingerprint density at radius 1 is 0.336 bits per heavy atom. The summed E-state index contributed by atoms with van der Waals surface area (Å²) in [4.78, 5) is 104. The van der Waals surface area contributed by atoms with Gasteiger partial charge in [0.15, 0.2) is 12.4 Å². The Bertz CT molecular complexity index is 2450. The summed E-state index contributed by atoms with van der Waals surface area (Å²) in [5.41, 5.74) is -5.25. The van der Waals surface area contributed by atoms with Crippen LogP contribution in [0.4, 0.5) is 28.8 Å². The van der Waals surface area contributed by atoms with Gasteiger partial charge in [-0.3, -0.25) is 9.59 Å². The topological polar surface area (TPSA) is 378 Å². The molecule has 0 spiro atoms. The van der Waals surface area contributed by atoms with E-state index in [1.807, 2.05) is 27.7 Å². The van der Waals surface area contributed by atoms with Gasteiger partial charge in [0.2, 0.25) is 5.91 Å². The van der Waals surface area contributed by atoms with E-state index >= 15 is 0 Å². The van der Waals surface area contributed by atoms with Crippen molar-refractivity contribution in [1.29, 1.82) is 0 Å². The minimum atomic E-state index is -1.73. The van der Waals surface area contributed by atoms with Crippen LogP contribution in [0.1, 0.15) is 362 Å². The van der Waals surface area contributed by atoms with E-state index < -0.39 is 119 Å². The number of carbonyl (C=O) groups is 8. The van der Waals surface area contributed by atoms with E-state index in [9.17, 15) is 58.8 Å². The van der Waals surface area contributed by atoms with E-state index in [-0.39, 0.29) is 49.8 Å². The first kappa shape index (κ1) is 102. The normalized spacial score (nSPS) is 17.7. The average Bonchev–Trinajstić information content (AvgIpc) is 0.814. The molecule has 0 radical (unpaired) electrons. The van der Waals surface area contributed by atoms with Crippen molar-refractivity contribution in [2.45, 2.75) is 451 Å². The third-order valence-corrected chi connectivity index (χ3v) is 19.4. The van der Waals surface area contributed by atoms with Crippen molar-refractivity contribution in [3.63, 3.8) is 0 Å². The first-order chi connectivity index (χ1) is 51.5. The molecular weight excluding hydrogens is 1410 g/mol. The summed E-state index contributed by atoms with van der Waals surface area (Å²) in [6.45, 7) is 34.3. The van der Waals surface area contributed by atoms with Crippen molar-refractivity contribution < 1.29 is 91.9 Å². The number of unbranched alkanes of at least 4 members (excludes halogenated alkanes) is 23. The van der Waals surface area contributed by atoms with Crippen molar-refractivity contribution in [3.8, 4) is 0 Å². The maximum absolute atomic E-state index is 13.6. The van der Waals surface area contributed by atoms with Crippen LogP contribution in [0.3, 0.4) is 0 Å². The van der Waals surface area contributed by atoms with Gasteiger partial charge in [-0.05, 0) is 154 Å². The second kappa shape index (κ2) is 55.0. The predicted octanol–water partition coefficient (Wildman–Crippen LogP) is 15.7. The standard InChI is InChI=1S/C83H158N8O19/c1-19-48-63(90-76(102)109-80(11,12)54-61(21-3)88-74(100)105-78(5,6)7)56-82(15,16)107-72(98)86-58-60(59-87-73(99)108-83(17,18)57-64(49-20-2)91-77(103)110-81(13,14)55-62(22-4)89-75(101)106-79(8,9)10)50-44-41-43-46-52-84-65(92)51-45-40-38-36-34-32-30-28-26-24-23-25-27-29-31-33-35-37-39-42-47-53-85-70(96)69-67(94)66(93)68(95)71(97)104-69/h60-64,66-69,71,93-95,97H,19-59H2,1-18H3,(H,84,92)(H,85,96)(H,86,98)(H,87,99)(H,88,100)(H,89,101)(H,90,102)(H,91,103). The van der Waals surface area contributed by atoms with Gasteiger partial charge in [0.1, 0.15) is 51.9 Å². The van der Waals surface area contributed by atoms with Gasteiger partial charge in [0, 0.05) is 82.5 Å². The second-order valence-corrected chi connectivity index (χ2v) is 35.2. The SMILES string of the molecule is CCCC(CC(C)(C)OC(=O)NCC(CCCCCCNC(=O)CCCCCCCCCCCCCCCCCCCCCCCNC(=O)C1OC(O)C(O)C(O)C1O)CNC(=O)OC(C)(C)CC(CCC)NC(=O)OC(C)(C)CC(CC)NC(=O)OC(C)(C)C)NC(=O)OC(C)(C)CC(CC)NC(=O)OC(C)(C)C. The average molecular weight is 1570 g/mol. The predicted molar refractivity (Wildman–Crippen MR) is 430 cm³/mol. The summed E-state index contributed by atoms with van der Waals surface area (Å²) in [7, 11) is 0. The highest BCUT2D eigenvalue weighted by atomic mass is 16.6. The van der Waals surface area contributed by atoms with E-state index in [0.717, 1.165) is 83.5 Å². The molecule has 0 bridgehead atoms. The molecule has 0 aromatic rings. The third kappa shape index (κ3) is 52.6. The minimum Gasteiger partial charge on any atom is -0.444 e. The number of nitrogens with one attached hydrogen (secondary N) is 8. The summed E-state index contributed by atoms with van der Waals surface area (Å²) < 4.78 is 39.7. The maximum Gasteiger partial charge on any atom is 0.407 e. The molecule has 0 aromatic carbocycles. The van der Waals surface area contributed by atoms with Gasteiger partial charge < -0.3 is 96.1 Å². The monoisotopic (exact) mass is 1570 g/mol. The van der Waals surface area contributed by atoms with E-state index in [2.05, 4.69) is 42.5 Å². The van der Waals surface area contributed by atoms with Crippen molar-refractivity contribution in [3.05, 3.63) is 0 Å². The smallest absolute Gasteiger partial charge is 0.407 e. The fourth-order valence-electron chi connectivity index (χ4n) is 13.8. The molecule has 1 rings (SSSR count). The van der Waals surface area contributed by atoms with Gasteiger partial charge >= 0.3 is 36.6 Å². The molecular formula is C83H158N8O19. The molecule has 644 valence electrons. The van der Waals surface area contributed by atoms with Crippen LogP contribution in [0.25, 0.3) is 0 Å². The number of carbonyl (C=O) groups excluding carboxylic acids is 8. The van der Waals surface area contributed by atoms with Gasteiger partial charge in [-0.1, -0.05) is 182 Å². The molecule has 9 atom stereocenters. The molecule has 1 aliphatic rings. The summed E-state index contributed by atoms with van der Waals surface area (Å²) in [5, 5.41) is 62.4. The van der Waals surface area contributed by atoms with Gasteiger partial charge in [-0.2, -0.15) is 0 Å². The number of rotatable bonds is 58. The Morgan fingerprint density at radius 3 is 0.982 bits per heavy atom. The maximum atomic E-state index is 13.6. The van der Waals surface area contributed by atoms with Crippen molar-refractivity contribution in [2.24, 2.45) is 5.92 Å². The summed E-state index contributed by atoms with van der Waals surface area (Å²) in [6, 6.07) is -1.41. The second-order valence-electron chi connectivity index (χ2n) is 35.2. The summed E-state index contributed by atoms with van der Waals surface area (Å²) >= 11 is 0. The van der Waals surface area contributed by atoms with Gasteiger partial charge in [0.25, 0.3) is 5.91 Å². The Labute approximate surface area is 662 Å². The number of hydrogen-bond donors (Lipinski definition) is 12. The molecule has 12 N–H and O–H groups in total. The molecule has 9 unspecified atom stereocenters. The van der Waals surface area contributed by atoms with Gasteiger partial charge in [-0.15, -0.1) is 0 Å². The number of aliphatic hydroxyl groups is 4. The molecule has 8 amide bonds. The molecule has 27 heteroatoms. The van der Waals surface area contributed by atoms with Crippen LogP contribution in [-0.4, -0.2) is 183 Å². The lowest BCUT2D eigenvalue weighted by Gasteiger charge is -2.37. The van der Waals surface area contributed by atoms with Crippen LogP contribution in [-0.2, 0) is 42.7 Å². The van der Waals surface area contributed by atoms with Crippen LogP contribution in [0.2, 0.25) is 0 Å². The molecule has 0 saturated carbocycles. The minimum absolute atomic E-state index is 0.0829. The van der Waals surface area contributed by atoms with E-state index in [1.54, 1.807) is 96.9 Å². The summed E-state index contributed by atoms with van der Waals surface area (Å²) in [5.74, 6) is -0.748. The zero-order valence-corrected chi connectivity index (χ0v) is 71.7. The first-order valence-electron chi connectivity index (χ1n) is 42.4. The van der Waals surface area contributed by atoms with E-state index in [4.69, 9.17) is 33.2 Å². The quantitative estimate of drug-likeness (QED) is 0.0199. The Kier molecular flexibility index (Phi) is 51.2. The van der Waals surface area contributed by atoms with Gasteiger partial charge in [0.05, 0.1) is 0 Å². The summed E-state index contributed by atoms with van der Waals surface area (Å²) in [6.07, 6.45) is 22.8. The van der Waals surface area contributed by atoms with Crippen molar-refractivity contribution >= 4 is 48.4 Å². The lowest BCUT2D eigenvalue weighted by atomic mass is 9.95. The number of ether oxygens (including phenoxy) is 7. The fraction of sp³-hybridized carbons (Fsp3) is 0.904. The van der Waals surface area contributed by atoms with E-state index in [1.165, 1.54) is 89.9 Å². The first-order valence-corrected chi connectivity index (χ1v) is 42.4. The van der Waals surface area contributed by atoms with Crippen LogP contribution in [0, 0.1) is 5.92 Å². The van der Waals surface area contributed by atoms with Crippen molar-refractivity contribution in [2.75, 3.05) is 26.2 Å². The number of aliphatic hydroxyl groups excluding tert-OH is 4. The molecule has 110 heavy (non-hydrogen) atoms. The Morgan fingerprint density at radius 2 is 0.636 bits per heavy atom. The van der Waals surface area contributed by atoms with Crippen LogP contribution in [0.5, 0.6) is 0 Å². The zero-order chi connectivity index (χ0) is 83.0. The lowest BCUT2D eigenvalue weighted by Crippen LogP contribution is -2.61. The number of alkyl carbamates (subject to hydrolysis) is 6. The van der Waals surface area contributed by atoms with Crippen LogP contribution >= 0.6 is 0 Å². The third-order valence-electron chi connectivity index (χ3n) is 19.4. The Hall–Kier alpha value is -5.64. The molecule has 0 aromatic heterocycles. The van der Waals surface area contributed by atoms with Gasteiger partial charge in [-0.25, -0.2) is 28.8 Å². The fourth-order valence-corrected chi connectivity index (χ4v) is 13.8. The lowest BCUT2D eigenvalue weighted by molar-refractivity contribution is -0.275. The molecule has 1 heterocycles. The van der Waals surface area contributed by atoms with Crippen molar-refractivity contribution in [1.82, 2.24) is 42.5 Å². The number of hydrogen-bond acceptors (Lipinski definition) is 19. The largest absolute Gasteiger partial charge is 0.444 e. The highest BCUT2D eigenvalue weighted by Crippen LogP contribution is 2.27. The molecule has 27 nitrogen and oxygen atoms in total. The van der Waals surface area contributed by atoms with Crippen LogP contribution in [0.15, 0.2) is 0 Å². The highest BCUT2D eigenvalue weighted by molar-refractivity contribution is 5.81. The molecule has 1 fully saturated rings. The number of amides is 8. The zero-order valence-electron chi connectivity index (χ0n) is 71.7. The Balaban J connectivity index is 2.64. The molecule has 1 saturated heterocycles. The van der Waals surface area contributed by atoms with E-state index in [0.29, 0.717) is 64.5 Å².